The summed E-state index contributed by atoms with van der Waals surface area (Å²) in [5.74, 6) is -0.0957. The smallest absolute Gasteiger partial charge is 0.229 e. The van der Waals surface area contributed by atoms with E-state index in [1.165, 1.54) is 4.90 Å². The van der Waals surface area contributed by atoms with Gasteiger partial charge in [-0.2, -0.15) is 0 Å². The van der Waals surface area contributed by atoms with E-state index in [9.17, 15) is 9.59 Å². The van der Waals surface area contributed by atoms with E-state index in [1.807, 2.05) is 13.8 Å². The lowest BCUT2D eigenvalue weighted by Crippen LogP contribution is -2.45. The van der Waals surface area contributed by atoms with Crippen LogP contribution >= 0.6 is 0 Å². The molecule has 16 heavy (non-hydrogen) atoms. The minimum Gasteiger partial charge on any atom is -0.396 e. The number of rotatable bonds is 5. The van der Waals surface area contributed by atoms with Gasteiger partial charge in [-0.1, -0.05) is 13.8 Å². The Morgan fingerprint density at radius 3 is 2.31 bits per heavy atom. The molecule has 4 heteroatoms. The Balaban J connectivity index is 2.56. The molecule has 0 atom stereocenters. The van der Waals surface area contributed by atoms with Gasteiger partial charge >= 0.3 is 0 Å². The fourth-order valence-electron chi connectivity index (χ4n) is 2.04. The molecule has 1 aliphatic rings. The first kappa shape index (κ1) is 13.2. The summed E-state index contributed by atoms with van der Waals surface area (Å²) in [6, 6.07) is 0. The number of carbonyl (C=O) groups is 2. The number of aliphatic hydroxyl groups is 1. The van der Waals surface area contributed by atoms with Gasteiger partial charge in [0.2, 0.25) is 11.8 Å². The van der Waals surface area contributed by atoms with Crippen LogP contribution < -0.4 is 0 Å². The molecule has 2 amide bonds. The zero-order valence-corrected chi connectivity index (χ0v) is 10.2. The van der Waals surface area contributed by atoms with Gasteiger partial charge in [-0.05, 0) is 24.7 Å². The molecule has 1 heterocycles. The summed E-state index contributed by atoms with van der Waals surface area (Å²) in [5.41, 5.74) is -0.106. The number of nitrogens with zero attached hydrogens (tertiary/aromatic N) is 1. The SMILES string of the molecule is CC(C)(CCCO)CN1C(=O)CCCC1=O. The van der Waals surface area contributed by atoms with Crippen molar-refractivity contribution in [3.8, 4) is 0 Å². The highest BCUT2D eigenvalue weighted by Gasteiger charge is 2.31. The summed E-state index contributed by atoms with van der Waals surface area (Å²) in [6.45, 7) is 4.69. The van der Waals surface area contributed by atoms with Gasteiger partial charge in [0.15, 0.2) is 0 Å². The zero-order chi connectivity index (χ0) is 12.2. The van der Waals surface area contributed by atoms with Crippen molar-refractivity contribution in [3.63, 3.8) is 0 Å². The van der Waals surface area contributed by atoms with Gasteiger partial charge in [0.05, 0.1) is 0 Å². The number of amides is 2. The average molecular weight is 227 g/mol. The molecule has 1 fully saturated rings. The quantitative estimate of drug-likeness (QED) is 0.721. The third kappa shape index (κ3) is 3.59. The Bertz CT molecular complexity index is 257. The number of likely N-dealkylation sites (tertiary alicyclic amines) is 1. The normalized spacial score (nSPS) is 18.1. The highest BCUT2D eigenvalue weighted by Crippen LogP contribution is 2.26. The highest BCUT2D eigenvalue weighted by molar-refractivity contribution is 5.97. The molecule has 4 nitrogen and oxygen atoms in total. The van der Waals surface area contributed by atoms with Crippen LogP contribution in [0.5, 0.6) is 0 Å². The van der Waals surface area contributed by atoms with E-state index >= 15 is 0 Å². The molecule has 0 unspecified atom stereocenters. The van der Waals surface area contributed by atoms with Crippen LogP contribution in [0.2, 0.25) is 0 Å². The molecule has 0 radical (unpaired) electrons. The molecule has 0 aromatic carbocycles. The van der Waals surface area contributed by atoms with E-state index in [0.29, 0.717) is 32.2 Å². The van der Waals surface area contributed by atoms with E-state index in [0.717, 1.165) is 6.42 Å². The van der Waals surface area contributed by atoms with Gasteiger partial charge < -0.3 is 5.11 Å². The molecular weight excluding hydrogens is 206 g/mol. The summed E-state index contributed by atoms with van der Waals surface area (Å²) >= 11 is 0. The number of hydrogen-bond acceptors (Lipinski definition) is 3. The van der Waals surface area contributed by atoms with Crippen molar-refractivity contribution < 1.29 is 14.7 Å². The third-order valence-electron chi connectivity index (χ3n) is 2.98. The second kappa shape index (κ2) is 5.43. The largest absolute Gasteiger partial charge is 0.396 e. The first-order valence-electron chi connectivity index (χ1n) is 5.90. The maximum Gasteiger partial charge on any atom is 0.229 e. The van der Waals surface area contributed by atoms with Crippen molar-refractivity contribution in [2.24, 2.45) is 5.41 Å². The number of hydrogen-bond donors (Lipinski definition) is 1. The maximum absolute atomic E-state index is 11.6. The van der Waals surface area contributed by atoms with Crippen LogP contribution in [0.4, 0.5) is 0 Å². The van der Waals surface area contributed by atoms with E-state index in [4.69, 9.17) is 5.11 Å². The topological polar surface area (TPSA) is 57.6 Å². The fraction of sp³-hybridized carbons (Fsp3) is 0.833. The molecule has 1 aliphatic heterocycles. The van der Waals surface area contributed by atoms with E-state index in [2.05, 4.69) is 0 Å². The zero-order valence-electron chi connectivity index (χ0n) is 10.2. The summed E-state index contributed by atoms with van der Waals surface area (Å²) < 4.78 is 0. The van der Waals surface area contributed by atoms with Gasteiger partial charge in [-0.25, -0.2) is 0 Å². The second-order valence-corrected chi connectivity index (χ2v) is 5.22. The fourth-order valence-corrected chi connectivity index (χ4v) is 2.04. The van der Waals surface area contributed by atoms with Gasteiger partial charge in [0.25, 0.3) is 0 Å². The Labute approximate surface area is 96.6 Å². The van der Waals surface area contributed by atoms with Crippen LogP contribution in [0.1, 0.15) is 46.0 Å². The number of aliphatic hydroxyl groups excluding tert-OH is 1. The van der Waals surface area contributed by atoms with Crippen LogP contribution in [0.3, 0.4) is 0 Å². The van der Waals surface area contributed by atoms with Crippen molar-refractivity contribution in [2.45, 2.75) is 46.0 Å². The van der Waals surface area contributed by atoms with Gasteiger partial charge in [-0.3, -0.25) is 14.5 Å². The molecule has 0 aromatic rings. The van der Waals surface area contributed by atoms with Gasteiger partial charge in [-0.15, -0.1) is 0 Å². The minimum atomic E-state index is -0.106. The third-order valence-corrected chi connectivity index (χ3v) is 2.98. The molecule has 0 spiro atoms. The molecule has 1 N–H and O–H groups in total. The second-order valence-electron chi connectivity index (χ2n) is 5.22. The average Bonchev–Trinajstić information content (AvgIpc) is 2.21. The van der Waals surface area contributed by atoms with Gasteiger partial charge in [0, 0.05) is 26.0 Å². The van der Waals surface area contributed by atoms with Crippen molar-refractivity contribution in [2.75, 3.05) is 13.2 Å². The van der Waals surface area contributed by atoms with Crippen LogP contribution in [0.25, 0.3) is 0 Å². The van der Waals surface area contributed by atoms with Crippen molar-refractivity contribution in [3.05, 3.63) is 0 Å². The Hall–Kier alpha value is -0.900. The van der Waals surface area contributed by atoms with E-state index in [1.54, 1.807) is 0 Å². The summed E-state index contributed by atoms with van der Waals surface area (Å²) in [5, 5.41) is 8.79. The predicted octanol–water partition coefficient (Wildman–Crippen LogP) is 1.32. The minimum absolute atomic E-state index is 0.0478. The van der Waals surface area contributed by atoms with Crippen LogP contribution in [0, 0.1) is 5.41 Å². The Morgan fingerprint density at radius 1 is 1.25 bits per heavy atom. The molecule has 92 valence electrons. The number of carbonyl (C=O) groups excluding carboxylic acids is 2. The van der Waals surface area contributed by atoms with Crippen molar-refractivity contribution >= 4 is 11.8 Å². The standard InChI is InChI=1S/C12H21NO3/c1-12(2,7-4-8-14)9-13-10(15)5-3-6-11(13)16/h14H,3-9H2,1-2H3. The van der Waals surface area contributed by atoms with Crippen molar-refractivity contribution in [1.82, 2.24) is 4.90 Å². The summed E-state index contributed by atoms with van der Waals surface area (Å²) in [4.78, 5) is 24.6. The first-order chi connectivity index (χ1) is 7.46. The lowest BCUT2D eigenvalue weighted by molar-refractivity contribution is -0.149. The molecular formula is C12H21NO3. The molecule has 0 aromatic heterocycles. The van der Waals surface area contributed by atoms with Crippen LogP contribution in [-0.2, 0) is 9.59 Å². The lowest BCUT2D eigenvalue weighted by atomic mass is 9.86. The van der Waals surface area contributed by atoms with Crippen molar-refractivity contribution in [1.29, 1.82) is 0 Å². The highest BCUT2D eigenvalue weighted by atomic mass is 16.3. The monoisotopic (exact) mass is 227 g/mol. The van der Waals surface area contributed by atoms with E-state index < -0.39 is 0 Å². The number of piperidine rings is 1. The molecule has 1 rings (SSSR count). The molecule has 0 saturated carbocycles. The maximum atomic E-state index is 11.6. The number of imide groups is 1. The lowest BCUT2D eigenvalue weighted by Gasteiger charge is -2.33. The first-order valence-corrected chi connectivity index (χ1v) is 5.90. The Morgan fingerprint density at radius 2 is 1.81 bits per heavy atom. The summed E-state index contributed by atoms with van der Waals surface area (Å²) in [7, 11) is 0. The molecule has 0 bridgehead atoms. The predicted molar refractivity (Wildman–Crippen MR) is 60.7 cm³/mol. The van der Waals surface area contributed by atoms with Crippen LogP contribution in [-0.4, -0.2) is 35.0 Å². The summed E-state index contributed by atoms with van der Waals surface area (Å²) in [6.07, 6.45) is 3.19. The van der Waals surface area contributed by atoms with Crippen LogP contribution in [0.15, 0.2) is 0 Å². The van der Waals surface area contributed by atoms with Gasteiger partial charge in [0.1, 0.15) is 0 Å². The Kier molecular flexibility index (Phi) is 4.47. The van der Waals surface area contributed by atoms with E-state index in [-0.39, 0.29) is 23.8 Å². The molecule has 1 saturated heterocycles. The molecule has 0 aliphatic carbocycles.